The van der Waals surface area contributed by atoms with Crippen LogP contribution in [0.4, 0.5) is 5.69 Å². The molecule has 1 fully saturated rings. The van der Waals surface area contributed by atoms with Crippen LogP contribution in [-0.4, -0.2) is 16.2 Å². The van der Waals surface area contributed by atoms with Gasteiger partial charge in [0.25, 0.3) is 5.56 Å². The van der Waals surface area contributed by atoms with Crippen LogP contribution in [0.3, 0.4) is 0 Å². The van der Waals surface area contributed by atoms with E-state index in [0.717, 1.165) is 28.8 Å². The average molecular weight is 285 g/mol. The van der Waals surface area contributed by atoms with Crippen LogP contribution in [0.1, 0.15) is 33.1 Å². The highest BCUT2D eigenvalue weighted by atomic mass is 16.1. The normalized spacial score (nSPS) is 25.7. The van der Waals surface area contributed by atoms with Gasteiger partial charge in [-0.2, -0.15) is 0 Å². The van der Waals surface area contributed by atoms with Crippen LogP contribution in [0.2, 0.25) is 0 Å². The summed E-state index contributed by atoms with van der Waals surface area (Å²) in [6, 6.07) is 10.4. The number of benzene rings is 1. The highest BCUT2D eigenvalue weighted by Gasteiger charge is 2.23. The van der Waals surface area contributed by atoms with Crippen molar-refractivity contribution in [2.24, 2.45) is 11.8 Å². The quantitative estimate of drug-likeness (QED) is 0.807. The van der Waals surface area contributed by atoms with Gasteiger partial charge in [0.2, 0.25) is 0 Å². The molecular formula is C17H23N3O. The number of rotatable bonds is 3. The molecule has 1 aliphatic rings. The third-order valence-corrected chi connectivity index (χ3v) is 4.34. The predicted octanol–water partition coefficient (Wildman–Crippen LogP) is 3.61. The first-order valence-corrected chi connectivity index (χ1v) is 7.75. The first-order valence-electron chi connectivity index (χ1n) is 7.75. The van der Waals surface area contributed by atoms with Gasteiger partial charge >= 0.3 is 0 Å². The van der Waals surface area contributed by atoms with Crippen molar-refractivity contribution in [1.29, 1.82) is 0 Å². The summed E-state index contributed by atoms with van der Waals surface area (Å²) in [6.45, 7) is 4.69. The fraction of sp³-hybridized carbons (Fsp3) is 0.471. The number of hydrogen-bond acceptors (Lipinski definition) is 2. The molecule has 3 N–H and O–H groups in total. The Morgan fingerprint density at radius 2 is 1.67 bits per heavy atom. The summed E-state index contributed by atoms with van der Waals surface area (Å²) in [5.41, 5.74) is 2.90. The zero-order valence-electron chi connectivity index (χ0n) is 12.6. The lowest BCUT2D eigenvalue weighted by molar-refractivity contribution is 0.281. The van der Waals surface area contributed by atoms with Crippen LogP contribution in [0, 0.1) is 11.8 Å². The fourth-order valence-electron chi connectivity index (χ4n) is 3.53. The Bertz CT molecular complexity index is 631. The van der Waals surface area contributed by atoms with Crippen LogP contribution in [-0.2, 0) is 0 Å². The Morgan fingerprint density at radius 1 is 1.00 bits per heavy atom. The molecule has 1 aliphatic carbocycles. The van der Waals surface area contributed by atoms with Crippen molar-refractivity contribution in [3.63, 3.8) is 0 Å². The first-order chi connectivity index (χ1) is 10.1. The van der Waals surface area contributed by atoms with Gasteiger partial charge in [-0.3, -0.25) is 15.0 Å². The van der Waals surface area contributed by atoms with E-state index in [0.29, 0.717) is 6.04 Å². The van der Waals surface area contributed by atoms with Gasteiger partial charge in [0.1, 0.15) is 0 Å². The van der Waals surface area contributed by atoms with E-state index in [2.05, 4.69) is 41.5 Å². The molecule has 2 aromatic rings. The Labute approximate surface area is 125 Å². The van der Waals surface area contributed by atoms with E-state index in [1.807, 2.05) is 12.1 Å². The summed E-state index contributed by atoms with van der Waals surface area (Å²) in [5, 5.41) is 9.08. The molecule has 2 unspecified atom stereocenters. The highest BCUT2D eigenvalue weighted by Crippen LogP contribution is 2.30. The van der Waals surface area contributed by atoms with Crippen molar-refractivity contribution >= 4 is 5.69 Å². The summed E-state index contributed by atoms with van der Waals surface area (Å²) in [6.07, 6.45) is 3.84. The summed E-state index contributed by atoms with van der Waals surface area (Å²) in [7, 11) is 0. The minimum Gasteiger partial charge on any atom is -0.382 e. The SMILES string of the molecule is CC1CC(C)CC(Nc2ccc(-c3cc(=O)[nH][nH]3)cc2)C1. The Balaban J connectivity index is 1.68. The zero-order valence-corrected chi connectivity index (χ0v) is 12.6. The van der Waals surface area contributed by atoms with Crippen molar-refractivity contribution in [1.82, 2.24) is 10.2 Å². The van der Waals surface area contributed by atoms with E-state index < -0.39 is 0 Å². The van der Waals surface area contributed by atoms with Gasteiger partial charge < -0.3 is 5.32 Å². The maximum atomic E-state index is 11.2. The molecule has 3 rings (SSSR count). The van der Waals surface area contributed by atoms with E-state index in [-0.39, 0.29) is 5.56 Å². The molecule has 1 saturated carbocycles. The largest absolute Gasteiger partial charge is 0.382 e. The first kappa shape index (κ1) is 14.0. The lowest BCUT2D eigenvalue weighted by Gasteiger charge is -2.32. The second-order valence-electron chi connectivity index (χ2n) is 6.51. The van der Waals surface area contributed by atoms with Gasteiger partial charge in [-0.05, 0) is 48.8 Å². The van der Waals surface area contributed by atoms with Gasteiger partial charge in [-0.25, -0.2) is 0 Å². The van der Waals surface area contributed by atoms with E-state index in [4.69, 9.17) is 0 Å². The van der Waals surface area contributed by atoms with Gasteiger partial charge in [0.15, 0.2) is 0 Å². The second-order valence-corrected chi connectivity index (χ2v) is 6.51. The van der Waals surface area contributed by atoms with Gasteiger partial charge in [0, 0.05) is 17.8 Å². The molecule has 1 heterocycles. The maximum Gasteiger partial charge on any atom is 0.264 e. The molecule has 1 aromatic carbocycles. The van der Waals surface area contributed by atoms with Crippen LogP contribution in [0.5, 0.6) is 0 Å². The smallest absolute Gasteiger partial charge is 0.264 e. The summed E-state index contributed by atoms with van der Waals surface area (Å²) in [5.74, 6) is 1.60. The summed E-state index contributed by atoms with van der Waals surface area (Å²) >= 11 is 0. The second kappa shape index (κ2) is 5.80. The highest BCUT2D eigenvalue weighted by molar-refractivity contribution is 5.62. The molecule has 2 atom stereocenters. The van der Waals surface area contributed by atoms with Crippen molar-refractivity contribution in [2.75, 3.05) is 5.32 Å². The van der Waals surface area contributed by atoms with E-state index in [9.17, 15) is 4.79 Å². The Hall–Kier alpha value is -1.97. The number of nitrogens with one attached hydrogen (secondary N) is 3. The Kier molecular flexibility index (Phi) is 3.86. The lowest BCUT2D eigenvalue weighted by atomic mass is 9.80. The number of anilines is 1. The molecule has 112 valence electrons. The Morgan fingerprint density at radius 3 is 2.24 bits per heavy atom. The molecule has 0 amide bonds. The standard InChI is InChI=1S/C17H23N3O/c1-11-7-12(2)9-15(8-11)18-14-5-3-13(4-6-14)16-10-17(21)20-19-16/h3-6,10-12,15,18H,7-9H2,1-2H3,(H2,19,20,21). The van der Waals surface area contributed by atoms with E-state index >= 15 is 0 Å². The number of aromatic nitrogens is 2. The topological polar surface area (TPSA) is 60.7 Å². The molecule has 4 heteroatoms. The van der Waals surface area contributed by atoms with Gasteiger partial charge in [0.05, 0.1) is 5.69 Å². The minimum absolute atomic E-state index is 0.0996. The van der Waals surface area contributed by atoms with Crippen LogP contribution in [0.15, 0.2) is 35.1 Å². The molecule has 0 spiro atoms. The molecule has 0 bridgehead atoms. The van der Waals surface area contributed by atoms with Crippen LogP contribution < -0.4 is 10.9 Å². The van der Waals surface area contributed by atoms with Crippen molar-refractivity contribution < 1.29 is 0 Å². The fourth-order valence-corrected chi connectivity index (χ4v) is 3.53. The molecule has 0 radical (unpaired) electrons. The summed E-state index contributed by atoms with van der Waals surface area (Å²) < 4.78 is 0. The van der Waals surface area contributed by atoms with E-state index in [1.165, 1.54) is 19.3 Å². The van der Waals surface area contributed by atoms with Crippen LogP contribution in [0.25, 0.3) is 11.3 Å². The van der Waals surface area contributed by atoms with E-state index in [1.54, 1.807) is 6.07 Å². The third kappa shape index (κ3) is 3.38. The maximum absolute atomic E-state index is 11.2. The number of H-pyrrole nitrogens is 2. The monoisotopic (exact) mass is 285 g/mol. The van der Waals surface area contributed by atoms with Crippen molar-refractivity contribution in [2.45, 2.75) is 39.2 Å². The average Bonchev–Trinajstić information content (AvgIpc) is 2.85. The van der Waals surface area contributed by atoms with Crippen molar-refractivity contribution in [3.05, 3.63) is 40.7 Å². The molecule has 1 aromatic heterocycles. The lowest BCUT2D eigenvalue weighted by Crippen LogP contribution is -2.30. The molecule has 0 aliphatic heterocycles. The van der Waals surface area contributed by atoms with Gasteiger partial charge in [-0.15, -0.1) is 0 Å². The molecule has 0 saturated heterocycles. The van der Waals surface area contributed by atoms with Crippen molar-refractivity contribution in [3.8, 4) is 11.3 Å². The van der Waals surface area contributed by atoms with Crippen LogP contribution >= 0.6 is 0 Å². The minimum atomic E-state index is -0.0996. The molecule has 21 heavy (non-hydrogen) atoms. The summed E-state index contributed by atoms with van der Waals surface area (Å²) in [4.78, 5) is 11.2. The number of aromatic amines is 2. The zero-order chi connectivity index (χ0) is 14.8. The third-order valence-electron chi connectivity index (χ3n) is 4.34. The molecule has 4 nitrogen and oxygen atoms in total. The molecular weight excluding hydrogens is 262 g/mol. The van der Waals surface area contributed by atoms with Gasteiger partial charge in [-0.1, -0.05) is 26.0 Å². The predicted molar refractivity (Wildman–Crippen MR) is 86.4 cm³/mol. The number of hydrogen-bond donors (Lipinski definition) is 3.